The zero-order valence-corrected chi connectivity index (χ0v) is 17.6. The topological polar surface area (TPSA) is 75.7 Å². The fourth-order valence-electron chi connectivity index (χ4n) is 2.77. The van der Waals surface area contributed by atoms with Crippen molar-refractivity contribution in [3.63, 3.8) is 0 Å². The summed E-state index contributed by atoms with van der Waals surface area (Å²) < 4.78 is 30.9. The minimum atomic E-state index is -3.49. The quantitative estimate of drug-likeness (QED) is 0.635. The van der Waals surface area contributed by atoms with Crippen molar-refractivity contribution in [2.75, 3.05) is 30.8 Å². The van der Waals surface area contributed by atoms with Gasteiger partial charge in [0.15, 0.2) is 0 Å². The van der Waals surface area contributed by atoms with Gasteiger partial charge in [-0.05, 0) is 42.7 Å². The van der Waals surface area contributed by atoms with Crippen molar-refractivity contribution >= 4 is 33.2 Å². The highest BCUT2D eigenvalue weighted by atomic mass is 35.5. The lowest BCUT2D eigenvalue weighted by atomic mass is 10.1. The Kier molecular flexibility index (Phi) is 8.14. The fraction of sp³-hybridized carbons (Fsp3) is 0.350. The van der Waals surface area contributed by atoms with Crippen LogP contribution in [-0.4, -0.2) is 40.8 Å². The Balaban J connectivity index is 1.84. The second kappa shape index (κ2) is 10.3. The molecule has 0 saturated heterocycles. The molecule has 28 heavy (non-hydrogen) atoms. The van der Waals surface area contributed by atoms with Gasteiger partial charge in [-0.2, -0.15) is 0 Å². The molecule has 0 radical (unpaired) electrons. The van der Waals surface area contributed by atoms with Crippen molar-refractivity contribution in [3.8, 4) is 5.75 Å². The molecule has 152 valence electrons. The summed E-state index contributed by atoms with van der Waals surface area (Å²) in [5.41, 5.74) is 1.56. The maximum atomic E-state index is 12.2. The number of carbonyl (C=O) groups excluding carboxylic acids is 1. The second-order valence-corrected chi connectivity index (χ2v) is 8.68. The number of methoxy groups -OCH3 is 1. The lowest BCUT2D eigenvalue weighted by Crippen LogP contribution is -2.32. The maximum absolute atomic E-state index is 12.2. The molecule has 6 nitrogen and oxygen atoms in total. The number of anilines is 1. The summed E-state index contributed by atoms with van der Waals surface area (Å²) in [7, 11) is -2.00. The summed E-state index contributed by atoms with van der Waals surface area (Å²) in [6.07, 6.45) is 2.49. The maximum Gasteiger partial charge on any atom is 0.232 e. The minimum Gasteiger partial charge on any atom is -0.495 e. The highest BCUT2D eigenvalue weighted by Crippen LogP contribution is 2.29. The Morgan fingerprint density at radius 2 is 1.82 bits per heavy atom. The van der Waals surface area contributed by atoms with Gasteiger partial charge in [0.1, 0.15) is 5.75 Å². The van der Waals surface area contributed by atoms with E-state index in [0.717, 1.165) is 11.8 Å². The van der Waals surface area contributed by atoms with Crippen LogP contribution < -0.4 is 14.4 Å². The molecule has 0 aromatic heterocycles. The van der Waals surface area contributed by atoms with E-state index in [1.54, 1.807) is 24.3 Å². The Morgan fingerprint density at radius 3 is 2.46 bits per heavy atom. The number of halogens is 1. The Hall–Kier alpha value is -2.25. The summed E-state index contributed by atoms with van der Waals surface area (Å²) in [6, 6.07) is 14.4. The number of carbonyl (C=O) groups is 1. The van der Waals surface area contributed by atoms with Gasteiger partial charge in [-0.25, -0.2) is 8.42 Å². The first-order valence-electron chi connectivity index (χ1n) is 8.93. The lowest BCUT2D eigenvalue weighted by Gasteiger charge is -2.24. The molecule has 2 aromatic carbocycles. The largest absolute Gasteiger partial charge is 0.495 e. The smallest absolute Gasteiger partial charge is 0.232 e. The Labute approximate surface area is 171 Å². The third kappa shape index (κ3) is 6.73. The monoisotopic (exact) mass is 424 g/mol. The van der Waals surface area contributed by atoms with Crippen molar-refractivity contribution < 1.29 is 17.9 Å². The Morgan fingerprint density at radius 1 is 1.14 bits per heavy atom. The molecule has 0 aliphatic carbocycles. The fourth-order valence-corrected chi connectivity index (χ4v) is 3.86. The van der Waals surface area contributed by atoms with Gasteiger partial charge in [0.2, 0.25) is 15.9 Å². The average Bonchev–Trinajstić information content (AvgIpc) is 2.66. The molecule has 0 heterocycles. The Bertz CT molecular complexity index is 885. The van der Waals surface area contributed by atoms with Crippen LogP contribution in [0.1, 0.15) is 18.4 Å². The van der Waals surface area contributed by atoms with Crippen LogP contribution in [0.25, 0.3) is 0 Å². The van der Waals surface area contributed by atoms with Crippen molar-refractivity contribution in [1.29, 1.82) is 0 Å². The molecule has 1 N–H and O–H groups in total. The summed E-state index contributed by atoms with van der Waals surface area (Å²) in [5, 5.41) is 3.53. The van der Waals surface area contributed by atoms with Crippen LogP contribution in [0, 0.1) is 0 Å². The molecular formula is C20H25ClN2O4S. The van der Waals surface area contributed by atoms with E-state index < -0.39 is 10.0 Å². The van der Waals surface area contributed by atoms with Gasteiger partial charge in [0.05, 0.1) is 19.1 Å². The molecule has 0 saturated carbocycles. The van der Waals surface area contributed by atoms with Crippen molar-refractivity contribution in [3.05, 3.63) is 59.1 Å². The molecule has 0 fully saturated rings. The first-order valence-corrected chi connectivity index (χ1v) is 11.2. The number of nitrogens with zero attached hydrogens (tertiary/aromatic N) is 1. The molecule has 0 aliphatic heterocycles. The number of benzene rings is 2. The van der Waals surface area contributed by atoms with Crippen LogP contribution >= 0.6 is 11.6 Å². The molecule has 0 atom stereocenters. The number of hydrogen-bond donors (Lipinski definition) is 1. The average molecular weight is 425 g/mol. The SMILES string of the molecule is COc1ccccc1N(CCCC(=O)NCCc1ccc(Cl)cc1)S(C)(=O)=O. The molecule has 2 aromatic rings. The number of ether oxygens (including phenoxy) is 1. The van der Waals surface area contributed by atoms with E-state index >= 15 is 0 Å². The summed E-state index contributed by atoms with van der Waals surface area (Å²) >= 11 is 5.85. The standard InChI is InChI=1S/C20H25ClN2O4S/c1-27-19-7-4-3-6-18(19)23(28(2,25)26)15-5-8-20(24)22-14-13-16-9-11-17(21)12-10-16/h3-4,6-7,9-12H,5,8,13-15H2,1-2H3,(H,22,24). The van der Waals surface area contributed by atoms with Gasteiger partial charge in [0.25, 0.3) is 0 Å². The highest BCUT2D eigenvalue weighted by Gasteiger charge is 2.20. The van der Waals surface area contributed by atoms with Crippen LogP contribution in [0.4, 0.5) is 5.69 Å². The first-order chi connectivity index (χ1) is 13.3. The van der Waals surface area contributed by atoms with E-state index in [2.05, 4.69) is 5.32 Å². The van der Waals surface area contributed by atoms with Gasteiger partial charge in [-0.15, -0.1) is 0 Å². The minimum absolute atomic E-state index is 0.109. The van der Waals surface area contributed by atoms with E-state index in [0.29, 0.717) is 35.8 Å². The normalized spacial score (nSPS) is 11.1. The molecule has 0 unspecified atom stereocenters. The van der Waals surface area contributed by atoms with Crippen molar-refractivity contribution in [1.82, 2.24) is 5.32 Å². The van der Waals surface area contributed by atoms with Crippen molar-refractivity contribution in [2.45, 2.75) is 19.3 Å². The first kappa shape index (κ1) is 22.0. The van der Waals surface area contributed by atoms with Crippen molar-refractivity contribution in [2.24, 2.45) is 0 Å². The molecule has 0 spiro atoms. The molecular weight excluding hydrogens is 400 g/mol. The lowest BCUT2D eigenvalue weighted by molar-refractivity contribution is -0.121. The third-order valence-corrected chi connectivity index (χ3v) is 5.60. The number of rotatable bonds is 10. The second-order valence-electron chi connectivity index (χ2n) is 6.34. The summed E-state index contributed by atoms with van der Waals surface area (Å²) in [4.78, 5) is 12.1. The van der Waals surface area contributed by atoms with E-state index in [9.17, 15) is 13.2 Å². The zero-order chi connectivity index (χ0) is 20.6. The number of amides is 1. The molecule has 8 heteroatoms. The number of nitrogens with one attached hydrogen (secondary N) is 1. The molecule has 1 amide bonds. The van der Waals surface area contributed by atoms with Gasteiger partial charge in [-0.1, -0.05) is 35.9 Å². The van der Waals surface area contributed by atoms with Crippen LogP contribution in [0.3, 0.4) is 0 Å². The predicted molar refractivity (Wildman–Crippen MR) is 113 cm³/mol. The number of hydrogen-bond acceptors (Lipinski definition) is 4. The molecule has 0 bridgehead atoms. The molecule has 2 rings (SSSR count). The highest BCUT2D eigenvalue weighted by molar-refractivity contribution is 7.92. The van der Waals surface area contributed by atoms with Gasteiger partial charge in [-0.3, -0.25) is 9.10 Å². The zero-order valence-electron chi connectivity index (χ0n) is 16.0. The molecule has 0 aliphatic rings. The number of para-hydroxylation sites is 2. The van der Waals surface area contributed by atoms with E-state index in [1.165, 1.54) is 11.4 Å². The van der Waals surface area contributed by atoms with Crippen LogP contribution in [0.5, 0.6) is 5.75 Å². The van der Waals surface area contributed by atoms with Gasteiger partial charge < -0.3 is 10.1 Å². The number of sulfonamides is 1. The van der Waals surface area contributed by atoms with Gasteiger partial charge in [0, 0.05) is 24.5 Å². The van der Waals surface area contributed by atoms with Crippen LogP contribution in [-0.2, 0) is 21.2 Å². The summed E-state index contributed by atoms with van der Waals surface area (Å²) in [5.74, 6) is 0.364. The predicted octanol–water partition coefficient (Wildman–Crippen LogP) is 3.25. The third-order valence-electron chi connectivity index (χ3n) is 4.17. The summed E-state index contributed by atoms with van der Waals surface area (Å²) in [6.45, 7) is 0.715. The van der Waals surface area contributed by atoms with Crippen LogP contribution in [0.15, 0.2) is 48.5 Å². The van der Waals surface area contributed by atoms with E-state index in [1.807, 2.05) is 24.3 Å². The van der Waals surface area contributed by atoms with E-state index in [4.69, 9.17) is 16.3 Å². The van der Waals surface area contributed by atoms with Crippen LogP contribution in [0.2, 0.25) is 5.02 Å². The van der Waals surface area contributed by atoms with Gasteiger partial charge >= 0.3 is 0 Å². The van der Waals surface area contributed by atoms with E-state index in [-0.39, 0.29) is 18.9 Å².